The summed E-state index contributed by atoms with van der Waals surface area (Å²) in [7, 11) is 0. The number of esters is 1. The summed E-state index contributed by atoms with van der Waals surface area (Å²) in [6, 6.07) is 6.50. The molecule has 0 spiro atoms. The number of nitrogens with one attached hydrogen (secondary N) is 1. The number of hydrogen-bond donors (Lipinski definition) is 1. The van der Waals surface area contributed by atoms with E-state index in [0.717, 1.165) is 31.1 Å². The van der Waals surface area contributed by atoms with Crippen LogP contribution in [-0.4, -0.2) is 51.9 Å². The number of amides is 1. The fourth-order valence-electron chi connectivity index (χ4n) is 3.54. The zero-order valence-electron chi connectivity index (χ0n) is 18.5. The van der Waals surface area contributed by atoms with Crippen LogP contribution >= 0.6 is 23.1 Å². The van der Waals surface area contributed by atoms with E-state index in [-0.39, 0.29) is 17.2 Å². The molecule has 1 amide bonds. The van der Waals surface area contributed by atoms with Gasteiger partial charge in [0.15, 0.2) is 15.9 Å². The van der Waals surface area contributed by atoms with Crippen LogP contribution in [-0.2, 0) is 16.1 Å². The molecule has 11 heteroatoms. The smallest absolute Gasteiger partial charge is 0.338 e. The summed E-state index contributed by atoms with van der Waals surface area (Å²) in [5.41, 5.74) is 1.31. The molecule has 0 atom stereocenters. The molecule has 1 aliphatic rings. The molecule has 0 aliphatic carbocycles. The fraction of sp³-hybridized carbons (Fsp3) is 0.409. The molecule has 1 N–H and O–H groups in total. The molecule has 3 aromatic rings. The number of ether oxygens (including phenoxy) is 1. The molecule has 174 valence electrons. The summed E-state index contributed by atoms with van der Waals surface area (Å²) in [5.74, 6) is -0.558. The Balaban J connectivity index is 1.45. The van der Waals surface area contributed by atoms with Crippen molar-refractivity contribution in [3.05, 3.63) is 40.2 Å². The van der Waals surface area contributed by atoms with E-state index in [0.29, 0.717) is 39.9 Å². The summed E-state index contributed by atoms with van der Waals surface area (Å²) >= 11 is 2.59. The first-order valence-electron chi connectivity index (χ1n) is 10.9. The number of benzene rings is 1. The Morgan fingerprint density at radius 1 is 1.15 bits per heavy atom. The van der Waals surface area contributed by atoms with Gasteiger partial charge in [0.1, 0.15) is 4.70 Å². The number of rotatable bonds is 8. The minimum absolute atomic E-state index is 0.0840. The van der Waals surface area contributed by atoms with Gasteiger partial charge in [-0.05, 0) is 51.0 Å². The maximum absolute atomic E-state index is 13.0. The van der Waals surface area contributed by atoms with Gasteiger partial charge in [-0.25, -0.2) is 9.78 Å². The minimum atomic E-state index is -0.403. The third-order valence-electron chi connectivity index (χ3n) is 5.17. The standard InChI is InChI=1S/C22H25N5O4S2/c1-3-27-19(29)17-18(24-21(33-17)26-11-5-6-12-26)25-22(27)32-13-16(28)23-15-9-7-14(8-10-15)20(30)31-4-2/h7-10H,3-6,11-13H2,1-2H3,(H,23,28). The number of thiazole rings is 1. The normalized spacial score (nSPS) is 13.5. The number of aromatic nitrogens is 3. The zero-order chi connectivity index (χ0) is 23.4. The Hall–Kier alpha value is -2.92. The minimum Gasteiger partial charge on any atom is -0.462 e. The summed E-state index contributed by atoms with van der Waals surface area (Å²) in [6.45, 7) is 6.28. The second kappa shape index (κ2) is 10.3. The zero-order valence-corrected chi connectivity index (χ0v) is 20.1. The highest BCUT2D eigenvalue weighted by Crippen LogP contribution is 2.29. The van der Waals surface area contributed by atoms with E-state index in [1.165, 1.54) is 23.1 Å². The van der Waals surface area contributed by atoms with Crippen molar-refractivity contribution in [2.45, 2.75) is 38.4 Å². The lowest BCUT2D eigenvalue weighted by Gasteiger charge is -2.11. The molecule has 4 rings (SSSR count). The van der Waals surface area contributed by atoms with Crippen molar-refractivity contribution in [1.29, 1.82) is 0 Å². The second-order valence-electron chi connectivity index (χ2n) is 7.42. The van der Waals surface area contributed by atoms with Crippen molar-refractivity contribution < 1.29 is 14.3 Å². The van der Waals surface area contributed by atoms with Crippen LogP contribution in [0.1, 0.15) is 37.0 Å². The maximum Gasteiger partial charge on any atom is 0.338 e. The van der Waals surface area contributed by atoms with Gasteiger partial charge in [0.25, 0.3) is 5.56 Å². The van der Waals surface area contributed by atoms with E-state index in [2.05, 4.69) is 20.2 Å². The lowest BCUT2D eigenvalue weighted by atomic mass is 10.2. The number of hydrogen-bond acceptors (Lipinski definition) is 9. The highest BCUT2D eigenvalue weighted by molar-refractivity contribution is 7.99. The molecular formula is C22H25N5O4S2. The molecule has 1 aliphatic heterocycles. The van der Waals surface area contributed by atoms with Gasteiger partial charge >= 0.3 is 5.97 Å². The van der Waals surface area contributed by atoms with Gasteiger partial charge in [-0.2, -0.15) is 4.98 Å². The quantitative estimate of drug-likeness (QED) is 0.293. The number of carbonyl (C=O) groups excluding carboxylic acids is 2. The number of anilines is 2. The summed E-state index contributed by atoms with van der Waals surface area (Å²) in [5, 5.41) is 4.10. The molecule has 0 saturated carbocycles. The first-order valence-corrected chi connectivity index (χ1v) is 12.7. The summed E-state index contributed by atoms with van der Waals surface area (Å²) in [4.78, 5) is 48.6. The van der Waals surface area contributed by atoms with Crippen molar-refractivity contribution >= 4 is 56.1 Å². The van der Waals surface area contributed by atoms with E-state index in [4.69, 9.17) is 4.74 Å². The third-order valence-corrected chi connectivity index (χ3v) is 7.24. The molecule has 0 unspecified atom stereocenters. The highest BCUT2D eigenvalue weighted by Gasteiger charge is 2.21. The lowest BCUT2D eigenvalue weighted by Crippen LogP contribution is -2.23. The van der Waals surface area contributed by atoms with Crippen LogP contribution in [0.3, 0.4) is 0 Å². The first-order chi connectivity index (χ1) is 16.0. The lowest BCUT2D eigenvalue weighted by molar-refractivity contribution is -0.113. The predicted octanol–water partition coefficient (Wildman–Crippen LogP) is 3.38. The molecular weight excluding hydrogens is 462 g/mol. The molecule has 3 heterocycles. The van der Waals surface area contributed by atoms with Gasteiger partial charge in [-0.3, -0.25) is 14.2 Å². The van der Waals surface area contributed by atoms with E-state index in [9.17, 15) is 14.4 Å². The molecule has 1 saturated heterocycles. The summed E-state index contributed by atoms with van der Waals surface area (Å²) in [6.07, 6.45) is 2.26. The Bertz CT molecular complexity index is 1220. The van der Waals surface area contributed by atoms with Crippen LogP contribution in [0.4, 0.5) is 10.8 Å². The van der Waals surface area contributed by atoms with Crippen LogP contribution in [0.25, 0.3) is 10.3 Å². The Kier molecular flexibility index (Phi) is 7.29. The largest absolute Gasteiger partial charge is 0.462 e. The Labute approximate surface area is 199 Å². The second-order valence-corrected chi connectivity index (χ2v) is 9.34. The van der Waals surface area contributed by atoms with Crippen LogP contribution < -0.4 is 15.8 Å². The third kappa shape index (κ3) is 5.19. The van der Waals surface area contributed by atoms with E-state index < -0.39 is 5.97 Å². The average Bonchev–Trinajstić information content (AvgIpc) is 3.48. The van der Waals surface area contributed by atoms with Crippen LogP contribution in [0.5, 0.6) is 0 Å². The molecule has 1 fully saturated rings. The van der Waals surface area contributed by atoms with Gasteiger partial charge in [0.05, 0.1) is 17.9 Å². The Morgan fingerprint density at radius 2 is 1.88 bits per heavy atom. The highest BCUT2D eigenvalue weighted by atomic mass is 32.2. The fourth-order valence-corrected chi connectivity index (χ4v) is 5.40. The van der Waals surface area contributed by atoms with Gasteiger partial charge in [0, 0.05) is 25.3 Å². The number of carbonyl (C=O) groups is 2. The van der Waals surface area contributed by atoms with Gasteiger partial charge in [-0.15, -0.1) is 0 Å². The molecule has 0 bridgehead atoms. The topological polar surface area (TPSA) is 106 Å². The summed E-state index contributed by atoms with van der Waals surface area (Å²) < 4.78 is 7.09. The van der Waals surface area contributed by atoms with E-state index in [1.54, 1.807) is 35.8 Å². The van der Waals surface area contributed by atoms with Gasteiger partial charge in [-0.1, -0.05) is 23.1 Å². The maximum atomic E-state index is 13.0. The van der Waals surface area contributed by atoms with Crippen LogP contribution in [0, 0.1) is 0 Å². The van der Waals surface area contributed by atoms with Gasteiger partial charge in [0.2, 0.25) is 5.91 Å². The predicted molar refractivity (Wildman–Crippen MR) is 131 cm³/mol. The van der Waals surface area contributed by atoms with Crippen molar-refractivity contribution in [3.8, 4) is 0 Å². The molecule has 33 heavy (non-hydrogen) atoms. The van der Waals surface area contributed by atoms with Crippen molar-refractivity contribution in [2.24, 2.45) is 0 Å². The van der Waals surface area contributed by atoms with E-state index >= 15 is 0 Å². The molecule has 0 radical (unpaired) electrons. The van der Waals surface area contributed by atoms with Crippen LogP contribution in [0.2, 0.25) is 0 Å². The van der Waals surface area contributed by atoms with E-state index in [1.807, 2.05) is 6.92 Å². The molecule has 2 aromatic heterocycles. The van der Waals surface area contributed by atoms with Crippen molar-refractivity contribution in [1.82, 2.24) is 14.5 Å². The Morgan fingerprint density at radius 3 is 2.55 bits per heavy atom. The average molecular weight is 488 g/mol. The van der Waals surface area contributed by atoms with Crippen molar-refractivity contribution in [3.63, 3.8) is 0 Å². The van der Waals surface area contributed by atoms with Crippen molar-refractivity contribution in [2.75, 3.05) is 35.7 Å². The number of nitrogens with zero attached hydrogens (tertiary/aromatic N) is 4. The molecule has 1 aromatic carbocycles. The number of fused-ring (bicyclic) bond motifs is 1. The first kappa shape index (κ1) is 23.2. The SMILES string of the molecule is CCOC(=O)c1ccc(NC(=O)CSc2nc3nc(N4CCCC4)sc3c(=O)n2CC)cc1. The van der Waals surface area contributed by atoms with Gasteiger partial charge < -0.3 is 15.0 Å². The monoisotopic (exact) mass is 487 g/mol. The number of thioether (sulfide) groups is 1. The molecule has 9 nitrogen and oxygen atoms in total. The van der Waals surface area contributed by atoms with Crippen LogP contribution in [0.15, 0.2) is 34.2 Å².